The van der Waals surface area contributed by atoms with Gasteiger partial charge in [0.2, 0.25) is 0 Å². The largest absolute Gasteiger partial charge is 0.316 e. The van der Waals surface area contributed by atoms with Gasteiger partial charge in [-0.05, 0) is 49.9 Å². The van der Waals surface area contributed by atoms with E-state index in [-0.39, 0.29) is 0 Å². The Hall–Kier alpha value is -0.390. The average molecular weight is 329 g/mol. The molecule has 0 amide bonds. The Bertz CT molecular complexity index is 402. The van der Waals surface area contributed by atoms with E-state index in [0.29, 0.717) is 12.0 Å². The van der Waals surface area contributed by atoms with E-state index in [0.717, 1.165) is 13.1 Å². The summed E-state index contributed by atoms with van der Waals surface area (Å²) in [6.07, 6.45) is 7.15. The second kappa shape index (κ2) is 6.86. The second-order valence-corrected chi connectivity index (χ2v) is 6.54. The molecule has 2 rings (SSSR count). The number of nitrogens with zero attached hydrogens (tertiary/aromatic N) is 3. The lowest BCUT2D eigenvalue weighted by Crippen LogP contribution is -2.36. The molecule has 4 nitrogen and oxygen atoms in total. The summed E-state index contributed by atoms with van der Waals surface area (Å²) in [7, 11) is 6.29. The number of hydrogen-bond acceptors (Lipinski definition) is 3. The molecule has 0 radical (unpaired) electrons. The highest BCUT2D eigenvalue weighted by Gasteiger charge is 2.29. The van der Waals surface area contributed by atoms with Crippen molar-refractivity contribution >= 4 is 15.9 Å². The van der Waals surface area contributed by atoms with Crippen molar-refractivity contribution < 1.29 is 0 Å². The Morgan fingerprint density at radius 3 is 2.84 bits per heavy atom. The van der Waals surface area contributed by atoms with Crippen LogP contribution in [0.2, 0.25) is 0 Å². The number of hydrogen-bond donors (Lipinski definition) is 1. The van der Waals surface area contributed by atoms with Gasteiger partial charge in [0.25, 0.3) is 0 Å². The van der Waals surface area contributed by atoms with Crippen molar-refractivity contribution in [1.82, 2.24) is 20.0 Å². The van der Waals surface area contributed by atoms with Gasteiger partial charge in [-0.25, -0.2) is 0 Å². The summed E-state index contributed by atoms with van der Waals surface area (Å²) in [5, 5.41) is 8.04. The molecule has 1 aromatic heterocycles. The summed E-state index contributed by atoms with van der Waals surface area (Å²) in [5.74, 6) is 0.581. The SMILES string of the molecule is CNC1CCCCC1c1c(Br)cnn1CCN(C)C. The van der Waals surface area contributed by atoms with Gasteiger partial charge in [0.15, 0.2) is 0 Å². The molecule has 1 fully saturated rings. The zero-order chi connectivity index (χ0) is 13.8. The minimum atomic E-state index is 0.581. The molecular weight excluding hydrogens is 304 g/mol. The first kappa shape index (κ1) is 15.0. The molecular formula is C14H25BrN4. The molecule has 0 spiro atoms. The maximum absolute atomic E-state index is 4.55. The Kier molecular flexibility index (Phi) is 5.42. The fourth-order valence-electron chi connectivity index (χ4n) is 3.02. The van der Waals surface area contributed by atoms with E-state index in [4.69, 9.17) is 0 Å². The predicted octanol–water partition coefficient (Wildman–Crippen LogP) is 2.45. The van der Waals surface area contributed by atoms with Crippen LogP contribution in [0.4, 0.5) is 0 Å². The van der Waals surface area contributed by atoms with Crippen molar-refractivity contribution in [1.29, 1.82) is 0 Å². The highest BCUT2D eigenvalue weighted by atomic mass is 79.9. The predicted molar refractivity (Wildman–Crippen MR) is 82.5 cm³/mol. The fourth-order valence-corrected chi connectivity index (χ4v) is 3.61. The zero-order valence-electron chi connectivity index (χ0n) is 12.2. The van der Waals surface area contributed by atoms with E-state index in [1.807, 2.05) is 6.20 Å². The standard InChI is InChI=1S/C14H25BrN4/c1-16-13-7-5-4-6-11(13)14-12(15)10-17-19(14)9-8-18(2)3/h10-11,13,16H,4-9H2,1-3H3. The summed E-state index contributed by atoms with van der Waals surface area (Å²) >= 11 is 3.69. The van der Waals surface area contributed by atoms with E-state index in [2.05, 4.69) is 57.1 Å². The van der Waals surface area contributed by atoms with Crippen molar-refractivity contribution in [3.8, 4) is 0 Å². The molecule has 1 aliphatic rings. The first-order valence-corrected chi connectivity index (χ1v) is 7.96. The van der Waals surface area contributed by atoms with Crippen molar-refractivity contribution in [2.24, 2.45) is 0 Å². The molecule has 0 saturated heterocycles. The Morgan fingerprint density at radius 2 is 2.16 bits per heavy atom. The van der Waals surface area contributed by atoms with Crippen LogP contribution < -0.4 is 5.32 Å². The minimum Gasteiger partial charge on any atom is -0.316 e. The van der Waals surface area contributed by atoms with Gasteiger partial charge in [0.05, 0.1) is 22.9 Å². The molecule has 19 heavy (non-hydrogen) atoms. The lowest BCUT2D eigenvalue weighted by molar-refractivity contribution is 0.316. The molecule has 2 atom stereocenters. The zero-order valence-corrected chi connectivity index (χ0v) is 13.8. The number of likely N-dealkylation sites (N-methyl/N-ethyl adjacent to an activating group) is 2. The molecule has 1 heterocycles. The monoisotopic (exact) mass is 328 g/mol. The van der Waals surface area contributed by atoms with Crippen LogP contribution >= 0.6 is 15.9 Å². The van der Waals surface area contributed by atoms with Gasteiger partial charge in [0, 0.05) is 18.5 Å². The van der Waals surface area contributed by atoms with Crippen LogP contribution in [-0.4, -0.2) is 48.4 Å². The topological polar surface area (TPSA) is 33.1 Å². The number of aromatic nitrogens is 2. The molecule has 0 aromatic carbocycles. The van der Waals surface area contributed by atoms with Gasteiger partial charge in [0.1, 0.15) is 0 Å². The lowest BCUT2D eigenvalue weighted by Gasteiger charge is -2.32. The Labute approximate surface area is 124 Å². The van der Waals surface area contributed by atoms with Crippen LogP contribution in [0, 0.1) is 0 Å². The average Bonchev–Trinajstić information content (AvgIpc) is 2.77. The quantitative estimate of drug-likeness (QED) is 0.901. The van der Waals surface area contributed by atoms with Gasteiger partial charge >= 0.3 is 0 Å². The maximum Gasteiger partial charge on any atom is 0.0635 e. The normalized spacial score (nSPS) is 24.1. The Morgan fingerprint density at radius 1 is 1.42 bits per heavy atom. The molecule has 1 aliphatic carbocycles. The molecule has 1 N–H and O–H groups in total. The summed E-state index contributed by atoms with van der Waals surface area (Å²) in [6.45, 7) is 1.99. The van der Waals surface area contributed by atoms with Crippen LogP contribution in [0.1, 0.15) is 37.3 Å². The van der Waals surface area contributed by atoms with E-state index in [1.54, 1.807) is 0 Å². The van der Waals surface area contributed by atoms with Gasteiger partial charge in [-0.15, -0.1) is 0 Å². The van der Waals surface area contributed by atoms with Crippen LogP contribution in [0.15, 0.2) is 10.7 Å². The van der Waals surface area contributed by atoms with Crippen molar-refractivity contribution in [3.63, 3.8) is 0 Å². The first-order valence-electron chi connectivity index (χ1n) is 7.16. The maximum atomic E-state index is 4.55. The van der Waals surface area contributed by atoms with Gasteiger partial charge in [-0.1, -0.05) is 12.8 Å². The van der Waals surface area contributed by atoms with Crippen molar-refractivity contribution in [3.05, 3.63) is 16.4 Å². The highest BCUT2D eigenvalue weighted by Crippen LogP contribution is 2.36. The van der Waals surface area contributed by atoms with E-state index < -0.39 is 0 Å². The van der Waals surface area contributed by atoms with Gasteiger partial charge < -0.3 is 10.2 Å². The van der Waals surface area contributed by atoms with Crippen LogP contribution in [-0.2, 0) is 6.54 Å². The van der Waals surface area contributed by atoms with E-state index >= 15 is 0 Å². The summed E-state index contributed by atoms with van der Waals surface area (Å²) in [6, 6.07) is 0.583. The molecule has 108 valence electrons. The number of nitrogens with one attached hydrogen (secondary N) is 1. The third-order valence-electron chi connectivity index (χ3n) is 4.08. The summed E-state index contributed by atoms with van der Waals surface area (Å²) < 4.78 is 3.35. The van der Waals surface area contributed by atoms with Gasteiger partial charge in [-0.2, -0.15) is 5.10 Å². The van der Waals surface area contributed by atoms with E-state index in [1.165, 1.54) is 35.8 Å². The first-order chi connectivity index (χ1) is 9.13. The number of rotatable bonds is 5. The molecule has 1 saturated carbocycles. The molecule has 0 aliphatic heterocycles. The third kappa shape index (κ3) is 3.58. The Balaban J connectivity index is 2.19. The van der Waals surface area contributed by atoms with Crippen molar-refractivity contribution in [2.75, 3.05) is 27.7 Å². The van der Waals surface area contributed by atoms with Crippen LogP contribution in [0.5, 0.6) is 0 Å². The molecule has 0 bridgehead atoms. The van der Waals surface area contributed by atoms with Gasteiger partial charge in [-0.3, -0.25) is 4.68 Å². The van der Waals surface area contributed by atoms with Crippen LogP contribution in [0.3, 0.4) is 0 Å². The summed E-state index contributed by atoms with van der Waals surface area (Å²) in [4.78, 5) is 2.20. The molecule has 5 heteroatoms. The minimum absolute atomic E-state index is 0.581. The number of halogens is 1. The second-order valence-electron chi connectivity index (χ2n) is 5.69. The summed E-state index contributed by atoms with van der Waals surface area (Å²) in [5.41, 5.74) is 1.38. The highest BCUT2D eigenvalue weighted by molar-refractivity contribution is 9.10. The van der Waals surface area contributed by atoms with Crippen LogP contribution in [0.25, 0.3) is 0 Å². The lowest BCUT2D eigenvalue weighted by atomic mass is 9.82. The van der Waals surface area contributed by atoms with Crippen molar-refractivity contribution in [2.45, 2.75) is 44.2 Å². The molecule has 2 unspecified atom stereocenters. The van der Waals surface area contributed by atoms with E-state index in [9.17, 15) is 0 Å². The smallest absolute Gasteiger partial charge is 0.0635 e. The fraction of sp³-hybridized carbons (Fsp3) is 0.786. The molecule has 1 aromatic rings. The third-order valence-corrected chi connectivity index (χ3v) is 4.69.